The van der Waals surface area contributed by atoms with Gasteiger partial charge in [-0.15, -0.1) is 0 Å². The summed E-state index contributed by atoms with van der Waals surface area (Å²) in [6, 6.07) is 0.113. The molecule has 0 heterocycles. The van der Waals surface area contributed by atoms with Gasteiger partial charge in [0.15, 0.2) is 23.3 Å². The van der Waals surface area contributed by atoms with Crippen LogP contribution >= 0.6 is 0 Å². The van der Waals surface area contributed by atoms with Gasteiger partial charge in [0.2, 0.25) is 0 Å². The van der Waals surface area contributed by atoms with E-state index < -0.39 is 41.4 Å². The maximum absolute atomic E-state index is 13.4. The summed E-state index contributed by atoms with van der Waals surface area (Å²) < 4.78 is 57.5. The van der Waals surface area contributed by atoms with Gasteiger partial charge in [0.25, 0.3) is 0 Å². The Balaban J connectivity index is 2.11. The summed E-state index contributed by atoms with van der Waals surface area (Å²) in [6.07, 6.45) is 0. The average molecular weight is 290 g/mol. The predicted molar refractivity (Wildman–Crippen MR) is 62.5 cm³/mol. The Hall–Kier alpha value is -1.59. The molecule has 0 saturated heterocycles. The van der Waals surface area contributed by atoms with Gasteiger partial charge in [-0.3, -0.25) is 4.79 Å². The largest absolute Gasteiger partial charge is 0.460 e. The maximum atomic E-state index is 13.4. The molecule has 1 saturated carbocycles. The minimum absolute atomic E-state index is 0.0916. The quantitative estimate of drug-likeness (QED) is 0.483. The number of benzene rings is 1. The van der Waals surface area contributed by atoms with Crippen molar-refractivity contribution in [1.82, 2.24) is 0 Å². The standard InChI is InChI=1S/C14H14F4O2/c1-6-10(14(6,2)3)13(19)20-5-7-11(17)8(15)4-9(16)12(7)18/h4,6,10H,5H2,1-3H3. The minimum Gasteiger partial charge on any atom is -0.460 e. The van der Waals surface area contributed by atoms with E-state index in [0.29, 0.717) is 0 Å². The molecular formula is C14H14F4O2. The first kappa shape index (κ1) is 14.8. The van der Waals surface area contributed by atoms with Gasteiger partial charge in [-0.05, 0) is 11.3 Å². The number of rotatable bonds is 3. The van der Waals surface area contributed by atoms with Crippen molar-refractivity contribution in [2.24, 2.45) is 17.3 Å². The molecule has 1 fully saturated rings. The molecule has 0 bridgehead atoms. The van der Waals surface area contributed by atoms with Crippen molar-refractivity contribution in [2.45, 2.75) is 27.4 Å². The Bertz CT molecular complexity index is 543. The minimum atomic E-state index is -1.54. The van der Waals surface area contributed by atoms with Crippen LogP contribution in [0.3, 0.4) is 0 Å². The first-order valence-corrected chi connectivity index (χ1v) is 6.16. The van der Waals surface area contributed by atoms with E-state index in [1.165, 1.54) is 0 Å². The Morgan fingerprint density at radius 2 is 1.65 bits per heavy atom. The van der Waals surface area contributed by atoms with Crippen molar-refractivity contribution in [3.8, 4) is 0 Å². The summed E-state index contributed by atoms with van der Waals surface area (Å²) in [4.78, 5) is 11.7. The highest BCUT2D eigenvalue weighted by molar-refractivity contribution is 5.77. The molecule has 20 heavy (non-hydrogen) atoms. The molecule has 2 rings (SSSR count). The summed E-state index contributed by atoms with van der Waals surface area (Å²) in [5.74, 6) is -7.02. The van der Waals surface area contributed by atoms with Gasteiger partial charge in [-0.1, -0.05) is 20.8 Å². The molecule has 1 aromatic rings. The van der Waals surface area contributed by atoms with Crippen LogP contribution < -0.4 is 0 Å². The molecular weight excluding hydrogens is 276 g/mol. The van der Waals surface area contributed by atoms with Crippen molar-refractivity contribution < 1.29 is 27.1 Å². The lowest BCUT2D eigenvalue weighted by molar-refractivity contribution is -0.147. The molecule has 0 radical (unpaired) electrons. The van der Waals surface area contributed by atoms with Crippen LogP contribution in [-0.4, -0.2) is 5.97 Å². The lowest BCUT2D eigenvalue weighted by atomic mass is 10.1. The Labute approximate surface area is 113 Å². The normalized spacial score (nSPS) is 23.6. The van der Waals surface area contributed by atoms with E-state index in [2.05, 4.69) is 0 Å². The fourth-order valence-corrected chi connectivity index (χ4v) is 2.38. The Morgan fingerprint density at radius 1 is 1.20 bits per heavy atom. The molecule has 1 aliphatic rings. The van der Waals surface area contributed by atoms with Crippen LogP contribution in [0.5, 0.6) is 0 Å². The van der Waals surface area contributed by atoms with E-state index in [1.807, 2.05) is 20.8 Å². The smallest absolute Gasteiger partial charge is 0.310 e. The Kier molecular flexibility index (Phi) is 3.52. The Morgan fingerprint density at radius 3 is 2.05 bits per heavy atom. The van der Waals surface area contributed by atoms with Gasteiger partial charge < -0.3 is 4.74 Å². The monoisotopic (exact) mass is 290 g/mol. The number of ether oxygens (including phenoxy) is 1. The third-order valence-corrected chi connectivity index (χ3v) is 4.18. The highest BCUT2D eigenvalue weighted by atomic mass is 19.2. The third-order valence-electron chi connectivity index (χ3n) is 4.18. The van der Waals surface area contributed by atoms with Crippen LogP contribution in [0.15, 0.2) is 6.07 Å². The summed E-state index contributed by atoms with van der Waals surface area (Å²) in [7, 11) is 0. The highest BCUT2D eigenvalue weighted by Gasteiger charge is 2.59. The van der Waals surface area contributed by atoms with E-state index in [4.69, 9.17) is 4.74 Å². The zero-order chi connectivity index (χ0) is 15.2. The zero-order valence-corrected chi connectivity index (χ0v) is 11.3. The molecule has 1 aromatic carbocycles. The molecule has 0 amide bonds. The molecule has 2 atom stereocenters. The maximum Gasteiger partial charge on any atom is 0.310 e. The third kappa shape index (κ3) is 2.27. The van der Waals surface area contributed by atoms with Gasteiger partial charge in [-0.25, -0.2) is 17.6 Å². The average Bonchev–Trinajstić information content (AvgIpc) is 2.86. The summed E-state index contributed by atoms with van der Waals surface area (Å²) >= 11 is 0. The number of carbonyl (C=O) groups excluding carboxylic acids is 1. The van der Waals surface area contributed by atoms with Crippen LogP contribution in [0.25, 0.3) is 0 Å². The molecule has 1 aliphatic carbocycles. The van der Waals surface area contributed by atoms with Crippen LogP contribution in [-0.2, 0) is 16.1 Å². The van der Waals surface area contributed by atoms with Gasteiger partial charge in [0.05, 0.1) is 11.5 Å². The van der Waals surface area contributed by atoms with Gasteiger partial charge in [-0.2, -0.15) is 0 Å². The van der Waals surface area contributed by atoms with Crippen molar-refractivity contribution in [2.75, 3.05) is 0 Å². The second-order valence-electron chi connectivity index (χ2n) is 5.64. The molecule has 0 N–H and O–H groups in total. The van der Waals surface area contributed by atoms with Crippen LogP contribution in [0.1, 0.15) is 26.3 Å². The number of halogens is 4. The van der Waals surface area contributed by atoms with E-state index in [1.54, 1.807) is 0 Å². The van der Waals surface area contributed by atoms with Gasteiger partial charge >= 0.3 is 5.97 Å². The number of hydrogen-bond donors (Lipinski definition) is 0. The number of hydrogen-bond acceptors (Lipinski definition) is 2. The van der Waals surface area contributed by atoms with E-state index >= 15 is 0 Å². The molecule has 6 heteroatoms. The first-order valence-electron chi connectivity index (χ1n) is 6.16. The highest BCUT2D eigenvalue weighted by Crippen LogP contribution is 2.58. The predicted octanol–water partition coefficient (Wildman–Crippen LogP) is 3.58. The molecule has 2 unspecified atom stereocenters. The molecule has 110 valence electrons. The number of esters is 1. The topological polar surface area (TPSA) is 26.3 Å². The van der Waals surface area contributed by atoms with E-state index in [-0.39, 0.29) is 23.3 Å². The molecule has 0 aromatic heterocycles. The lowest BCUT2D eigenvalue weighted by Gasteiger charge is -2.09. The van der Waals surface area contributed by atoms with Crippen molar-refractivity contribution in [3.63, 3.8) is 0 Å². The van der Waals surface area contributed by atoms with Crippen molar-refractivity contribution in [1.29, 1.82) is 0 Å². The zero-order valence-electron chi connectivity index (χ0n) is 11.3. The lowest BCUT2D eigenvalue weighted by Crippen LogP contribution is -2.13. The van der Waals surface area contributed by atoms with Gasteiger partial charge in [0, 0.05) is 6.07 Å². The summed E-state index contributed by atoms with van der Waals surface area (Å²) in [5.41, 5.74) is -1.15. The molecule has 2 nitrogen and oxygen atoms in total. The van der Waals surface area contributed by atoms with Crippen molar-refractivity contribution in [3.05, 3.63) is 34.9 Å². The summed E-state index contributed by atoms with van der Waals surface area (Å²) in [5, 5.41) is 0. The van der Waals surface area contributed by atoms with E-state index in [9.17, 15) is 22.4 Å². The van der Waals surface area contributed by atoms with Crippen LogP contribution in [0.2, 0.25) is 0 Å². The fraction of sp³-hybridized carbons (Fsp3) is 0.500. The second-order valence-corrected chi connectivity index (χ2v) is 5.64. The first-order chi connectivity index (χ1) is 9.17. The van der Waals surface area contributed by atoms with Gasteiger partial charge in [0.1, 0.15) is 6.61 Å². The summed E-state index contributed by atoms with van der Waals surface area (Å²) in [6.45, 7) is 4.76. The molecule has 0 spiro atoms. The SMILES string of the molecule is CC1C(C(=O)OCc2c(F)c(F)cc(F)c2F)C1(C)C. The fourth-order valence-electron chi connectivity index (χ4n) is 2.38. The van der Waals surface area contributed by atoms with Crippen molar-refractivity contribution >= 4 is 5.97 Å². The van der Waals surface area contributed by atoms with Crippen LogP contribution in [0, 0.1) is 40.5 Å². The second kappa shape index (κ2) is 4.75. The molecule has 0 aliphatic heterocycles. The number of carbonyl (C=O) groups is 1. The van der Waals surface area contributed by atoms with E-state index in [0.717, 1.165) is 0 Å². The van der Waals surface area contributed by atoms with Crippen LogP contribution in [0.4, 0.5) is 17.6 Å².